The molecule has 0 atom stereocenters. The van der Waals surface area contributed by atoms with E-state index >= 15 is 0 Å². The number of aromatic nitrogens is 1. The van der Waals surface area contributed by atoms with Gasteiger partial charge in [-0.25, -0.2) is 9.78 Å². The maximum atomic E-state index is 10.6. The van der Waals surface area contributed by atoms with E-state index in [1.807, 2.05) is 17.5 Å². The molecule has 3 rings (SSSR count). The average molecular weight is 326 g/mol. The summed E-state index contributed by atoms with van der Waals surface area (Å²) < 4.78 is 6.13. The van der Waals surface area contributed by atoms with E-state index in [2.05, 4.69) is 20.9 Å². The normalized spacial score (nSPS) is 9.83. The minimum absolute atomic E-state index is 0.168. The largest absolute Gasteiger partial charge is 0.478 e. The van der Waals surface area contributed by atoms with Crippen LogP contribution < -0.4 is 0 Å². The Hall–Kier alpha value is -1.66. The van der Waals surface area contributed by atoms with Crippen LogP contribution in [0.4, 0.5) is 0 Å². The van der Waals surface area contributed by atoms with Crippen molar-refractivity contribution in [3.8, 4) is 0 Å². The number of hydrogen-bond donors (Lipinski definition) is 1. The first-order chi connectivity index (χ1) is 8.68. The highest BCUT2D eigenvalue weighted by atomic mass is 79.9. The number of nitrogens with zero attached hydrogens (tertiary/aromatic N) is 1. The molecule has 92 valence electrons. The van der Waals surface area contributed by atoms with Crippen LogP contribution >= 0.6 is 27.3 Å². The molecule has 18 heavy (non-hydrogen) atoms. The highest BCUT2D eigenvalue weighted by Gasteiger charge is 2.09. The van der Waals surface area contributed by atoms with Gasteiger partial charge in [-0.1, -0.05) is 12.1 Å². The molecule has 0 aliphatic heterocycles. The van der Waals surface area contributed by atoms with E-state index in [1.54, 1.807) is 23.5 Å². The molecule has 0 fully saturated rings. The maximum Gasteiger partial charge on any atom is 0.338 e. The number of benzene rings is 1. The van der Waals surface area contributed by atoms with Crippen LogP contribution in [0, 0.1) is 0 Å². The monoisotopic (exact) mass is 325 g/mol. The van der Waals surface area contributed by atoms with Crippen LogP contribution in [0.5, 0.6) is 0 Å². The topological polar surface area (TPSA) is 63.3 Å². The third-order valence-corrected chi connectivity index (χ3v) is 3.56. The van der Waals surface area contributed by atoms with Crippen molar-refractivity contribution in [2.75, 3.05) is 0 Å². The van der Waals surface area contributed by atoms with Gasteiger partial charge in [0.05, 0.1) is 9.35 Å². The predicted octanol–water partition coefficient (Wildman–Crippen LogP) is 4.04. The van der Waals surface area contributed by atoms with Gasteiger partial charge in [0.15, 0.2) is 12.0 Å². The number of hydrogen-bond acceptors (Lipinski definition) is 4. The molecule has 4 nitrogen and oxygen atoms in total. The molecule has 0 saturated carbocycles. The smallest absolute Gasteiger partial charge is 0.338 e. The van der Waals surface area contributed by atoms with Gasteiger partial charge >= 0.3 is 5.97 Å². The lowest BCUT2D eigenvalue weighted by Crippen LogP contribution is -1.96. The van der Waals surface area contributed by atoms with Gasteiger partial charge in [-0.3, -0.25) is 0 Å². The average Bonchev–Trinajstić information content (AvgIpc) is 2.99. The molecule has 1 N–H and O–H groups in total. The number of oxazole rings is 1. The van der Waals surface area contributed by atoms with E-state index < -0.39 is 5.97 Å². The van der Waals surface area contributed by atoms with Crippen molar-refractivity contribution in [2.24, 2.45) is 0 Å². The Bertz CT molecular complexity index is 648. The van der Waals surface area contributed by atoms with Gasteiger partial charge in [0.25, 0.3) is 0 Å². The zero-order valence-electron chi connectivity index (χ0n) is 9.04. The lowest BCUT2D eigenvalue weighted by molar-refractivity contribution is 0.0699. The molecule has 0 aliphatic rings. The number of aromatic carboxylic acids is 1. The summed E-state index contributed by atoms with van der Waals surface area (Å²) >= 11 is 4.99. The zero-order valence-corrected chi connectivity index (χ0v) is 11.4. The minimum Gasteiger partial charge on any atom is -0.478 e. The zero-order chi connectivity index (χ0) is 13.0. The number of rotatable bonds is 1. The molecule has 0 aliphatic carbocycles. The summed E-state index contributed by atoms with van der Waals surface area (Å²) in [6, 6.07) is 8.82. The summed E-state index contributed by atoms with van der Waals surface area (Å²) in [6.45, 7) is 0. The maximum absolute atomic E-state index is 10.6. The molecule has 0 amide bonds. The molecule has 2 heterocycles. The number of halogens is 1. The van der Waals surface area contributed by atoms with Crippen LogP contribution in [0.25, 0.3) is 11.1 Å². The van der Waals surface area contributed by atoms with Crippen molar-refractivity contribution in [1.29, 1.82) is 0 Å². The number of para-hydroxylation sites is 1. The summed E-state index contributed by atoms with van der Waals surface area (Å²) in [4.78, 5) is 14.4. The van der Waals surface area contributed by atoms with Crippen molar-refractivity contribution in [3.05, 3.63) is 51.5 Å². The molecule has 0 radical (unpaired) electrons. The van der Waals surface area contributed by atoms with Crippen LogP contribution in [-0.2, 0) is 0 Å². The first kappa shape index (κ1) is 12.8. The third-order valence-electron chi connectivity index (χ3n) is 2.08. The molecular formula is C12H8BrNO3S. The number of carboxylic acid groups (broad SMARTS) is 1. The van der Waals surface area contributed by atoms with Crippen LogP contribution in [0.2, 0.25) is 0 Å². The molecule has 1 aromatic carbocycles. The summed E-state index contributed by atoms with van der Waals surface area (Å²) in [7, 11) is 0. The van der Waals surface area contributed by atoms with E-state index in [-0.39, 0.29) is 5.56 Å². The molecule has 2 aromatic heterocycles. The van der Waals surface area contributed by atoms with Crippen LogP contribution in [0.15, 0.2) is 50.3 Å². The van der Waals surface area contributed by atoms with E-state index in [0.717, 1.165) is 0 Å². The molecular weight excluding hydrogens is 318 g/mol. The summed E-state index contributed by atoms with van der Waals surface area (Å²) in [5.74, 6) is -0.991. The summed E-state index contributed by atoms with van der Waals surface area (Å²) in [5.41, 5.74) is 1.06. The van der Waals surface area contributed by atoms with Crippen molar-refractivity contribution in [2.45, 2.75) is 0 Å². The Balaban J connectivity index is 0.000000169. The Kier molecular flexibility index (Phi) is 4.11. The number of thiophene rings is 1. The first-order valence-corrected chi connectivity index (χ1v) is 6.60. The highest BCUT2D eigenvalue weighted by Crippen LogP contribution is 2.16. The lowest BCUT2D eigenvalue weighted by atomic mass is 10.2. The highest BCUT2D eigenvalue weighted by molar-refractivity contribution is 9.11. The molecule has 0 spiro atoms. The lowest BCUT2D eigenvalue weighted by Gasteiger charge is -1.92. The second-order valence-electron chi connectivity index (χ2n) is 3.23. The second-order valence-corrected chi connectivity index (χ2v) is 5.55. The predicted molar refractivity (Wildman–Crippen MR) is 73.0 cm³/mol. The van der Waals surface area contributed by atoms with Gasteiger partial charge in [-0.05, 0) is 39.5 Å². The Morgan fingerprint density at radius 2 is 2.17 bits per heavy atom. The van der Waals surface area contributed by atoms with Crippen molar-refractivity contribution < 1.29 is 14.3 Å². The van der Waals surface area contributed by atoms with Gasteiger partial charge in [0.1, 0.15) is 5.52 Å². The van der Waals surface area contributed by atoms with E-state index in [0.29, 0.717) is 11.1 Å². The number of carboxylic acids is 1. The minimum atomic E-state index is -0.991. The third kappa shape index (κ3) is 2.96. The fourth-order valence-electron chi connectivity index (χ4n) is 1.32. The number of fused-ring (bicyclic) bond motifs is 1. The Morgan fingerprint density at radius 1 is 1.33 bits per heavy atom. The molecule has 3 aromatic rings. The van der Waals surface area contributed by atoms with Gasteiger partial charge in [-0.2, -0.15) is 0 Å². The van der Waals surface area contributed by atoms with Crippen molar-refractivity contribution >= 4 is 44.3 Å². The van der Waals surface area contributed by atoms with Crippen LogP contribution in [0.3, 0.4) is 0 Å². The van der Waals surface area contributed by atoms with E-state index in [4.69, 9.17) is 9.52 Å². The molecule has 0 saturated heterocycles. The molecule has 6 heteroatoms. The van der Waals surface area contributed by atoms with Gasteiger partial charge in [-0.15, -0.1) is 11.3 Å². The Labute approximate surface area is 115 Å². The fourth-order valence-corrected chi connectivity index (χ4v) is 2.24. The van der Waals surface area contributed by atoms with Crippen LogP contribution in [0.1, 0.15) is 10.4 Å². The quantitative estimate of drug-likeness (QED) is 0.733. The van der Waals surface area contributed by atoms with Crippen molar-refractivity contribution in [1.82, 2.24) is 4.98 Å². The SMILES string of the molecule is Brc1cccs1.O=C(O)c1cccc2ocnc12. The first-order valence-electron chi connectivity index (χ1n) is 4.93. The van der Waals surface area contributed by atoms with Crippen molar-refractivity contribution in [3.63, 3.8) is 0 Å². The van der Waals surface area contributed by atoms with Gasteiger partial charge < -0.3 is 9.52 Å². The van der Waals surface area contributed by atoms with Crippen LogP contribution in [-0.4, -0.2) is 16.1 Å². The molecule has 0 unspecified atom stereocenters. The molecule has 0 bridgehead atoms. The fraction of sp³-hybridized carbons (Fsp3) is 0. The standard InChI is InChI=1S/C8H5NO3.C4H3BrS/c10-8(11)5-2-1-3-6-7(5)9-4-12-6;5-4-2-1-3-6-4/h1-4H,(H,10,11);1-3H. The van der Waals surface area contributed by atoms with E-state index in [1.165, 1.54) is 16.2 Å². The van der Waals surface area contributed by atoms with E-state index in [9.17, 15) is 4.79 Å². The summed E-state index contributed by atoms with van der Waals surface area (Å²) in [6.07, 6.45) is 1.23. The number of carbonyl (C=O) groups is 1. The van der Waals surface area contributed by atoms with Gasteiger partial charge in [0, 0.05) is 0 Å². The summed E-state index contributed by atoms with van der Waals surface area (Å²) in [5, 5.41) is 10.8. The second kappa shape index (κ2) is 5.79. The Morgan fingerprint density at radius 3 is 2.72 bits per heavy atom. The van der Waals surface area contributed by atoms with Gasteiger partial charge in [0.2, 0.25) is 0 Å².